The number of hydrogen-bond acceptors (Lipinski definition) is 6. The predicted molar refractivity (Wildman–Crippen MR) is 118 cm³/mol. The van der Waals surface area contributed by atoms with Crippen LogP contribution in [0.25, 0.3) is 11.1 Å². The van der Waals surface area contributed by atoms with Crippen molar-refractivity contribution in [2.24, 2.45) is 5.73 Å². The second-order valence-corrected chi connectivity index (χ2v) is 7.67. The number of rotatable bonds is 9. The van der Waals surface area contributed by atoms with Crippen molar-refractivity contribution < 1.29 is 19.4 Å². The van der Waals surface area contributed by atoms with Crippen molar-refractivity contribution in [3.63, 3.8) is 0 Å². The van der Waals surface area contributed by atoms with Crippen LogP contribution in [0, 0.1) is 0 Å². The molecule has 3 N–H and O–H groups in total. The number of hydrogen-bond donors (Lipinski definition) is 2. The maximum absolute atomic E-state index is 13.2. The van der Waals surface area contributed by atoms with E-state index >= 15 is 0 Å². The summed E-state index contributed by atoms with van der Waals surface area (Å²) < 4.78 is 5.70. The minimum Gasteiger partial charge on any atom is -0.480 e. The van der Waals surface area contributed by atoms with Gasteiger partial charge in [0.05, 0.1) is 0 Å². The molecule has 1 atom stereocenters. The number of nitrogens with two attached hydrogens (primary N) is 1. The molecule has 0 aliphatic carbocycles. The molecule has 1 aromatic heterocycles. The van der Waals surface area contributed by atoms with Crippen molar-refractivity contribution in [2.75, 3.05) is 12.0 Å². The third-order valence-corrected chi connectivity index (χ3v) is 5.30. The second-order valence-electron chi connectivity index (χ2n) is 6.69. The third-order valence-electron chi connectivity index (χ3n) is 4.68. The van der Waals surface area contributed by atoms with Crippen molar-refractivity contribution in [1.82, 2.24) is 4.98 Å². The Kier molecular flexibility index (Phi) is 6.87. The van der Waals surface area contributed by atoms with E-state index in [0.717, 1.165) is 5.56 Å². The Morgan fingerprint density at radius 1 is 1.07 bits per heavy atom. The number of aromatic nitrogens is 1. The molecule has 0 spiro atoms. The van der Waals surface area contributed by atoms with Crippen molar-refractivity contribution in [3.05, 3.63) is 78.5 Å². The summed E-state index contributed by atoms with van der Waals surface area (Å²) in [6.45, 7) is 0. The average Bonchev–Trinajstić information content (AvgIpc) is 2.78. The van der Waals surface area contributed by atoms with E-state index in [9.17, 15) is 14.7 Å². The van der Waals surface area contributed by atoms with Gasteiger partial charge in [0, 0.05) is 17.8 Å². The number of carboxylic acids is 1. The highest BCUT2D eigenvalue weighted by Gasteiger charge is 2.42. The topological polar surface area (TPSA) is 103 Å². The summed E-state index contributed by atoms with van der Waals surface area (Å²) in [4.78, 5) is 29.1. The van der Waals surface area contributed by atoms with Crippen LogP contribution in [0.4, 0.5) is 0 Å². The molecule has 0 aliphatic rings. The minimum atomic E-state index is -1.97. The molecule has 30 heavy (non-hydrogen) atoms. The van der Waals surface area contributed by atoms with Gasteiger partial charge in [-0.2, -0.15) is 11.8 Å². The minimum absolute atomic E-state index is 0.0491. The van der Waals surface area contributed by atoms with E-state index in [1.165, 1.54) is 11.8 Å². The second kappa shape index (κ2) is 9.56. The van der Waals surface area contributed by atoms with Crippen LogP contribution in [-0.4, -0.2) is 39.4 Å². The first-order valence-corrected chi connectivity index (χ1v) is 10.7. The molecule has 0 saturated carbocycles. The number of ketones is 1. The van der Waals surface area contributed by atoms with Crippen LogP contribution in [0.1, 0.15) is 16.8 Å². The van der Waals surface area contributed by atoms with Gasteiger partial charge in [-0.3, -0.25) is 4.79 Å². The zero-order chi connectivity index (χ0) is 21.6. The zero-order valence-electron chi connectivity index (χ0n) is 16.4. The summed E-state index contributed by atoms with van der Waals surface area (Å²) in [5.41, 5.74) is 5.75. The lowest BCUT2D eigenvalue weighted by Gasteiger charge is -2.24. The van der Waals surface area contributed by atoms with E-state index < -0.39 is 17.3 Å². The van der Waals surface area contributed by atoms with E-state index in [1.807, 2.05) is 24.5 Å². The molecule has 2 aromatic carbocycles. The highest BCUT2D eigenvalue weighted by atomic mass is 32.2. The zero-order valence-corrected chi connectivity index (χ0v) is 17.3. The average molecular weight is 423 g/mol. The Bertz CT molecular complexity index is 1020. The molecule has 6 nitrogen and oxygen atoms in total. The molecular formula is C23H22N2O4S. The predicted octanol–water partition coefficient (Wildman–Crippen LogP) is 4.26. The number of carboxylic acid groups (broad SMARTS) is 1. The molecule has 154 valence electrons. The first-order valence-electron chi connectivity index (χ1n) is 9.30. The summed E-state index contributed by atoms with van der Waals surface area (Å²) in [7, 11) is 0. The molecule has 0 amide bonds. The van der Waals surface area contributed by atoms with Gasteiger partial charge < -0.3 is 15.6 Å². The molecular weight excluding hydrogens is 400 g/mol. The van der Waals surface area contributed by atoms with E-state index in [-0.39, 0.29) is 12.0 Å². The van der Waals surface area contributed by atoms with Gasteiger partial charge in [-0.1, -0.05) is 42.5 Å². The lowest BCUT2D eigenvalue weighted by molar-refractivity contribution is -0.141. The molecule has 0 aliphatic heterocycles. The fourth-order valence-corrected chi connectivity index (χ4v) is 3.51. The van der Waals surface area contributed by atoms with Gasteiger partial charge in [-0.05, 0) is 47.8 Å². The number of nitrogens with zero attached hydrogens (tertiary/aromatic N) is 1. The van der Waals surface area contributed by atoms with E-state index in [4.69, 9.17) is 10.5 Å². The smallest absolute Gasteiger partial charge is 0.331 e. The van der Waals surface area contributed by atoms with E-state index in [0.29, 0.717) is 22.9 Å². The Morgan fingerprint density at radius 3 is 2.40 bits per heavy atom. The SMILES string of the molecule is CSCCC(N)(C(=O)O)C(=O)c1ccccc1-c1ccc(Oc2ccccn2)cc1. The molecule has 0 fully saturated rings. The fourth-order valence-electron chi connectivity index (χ4n) is 2.98. The van der Waals surface area contributed by atoms with Crippen LogP contribution in [0.5, 0.6) is 11.6 Å². The Labute approximate surface area is 179 Å². The summed E-state index contributed by atoms with van der Waals surface area (Å²) >= 11 is 1.45. The number of Topliss-reactive ketones (excluding diaryl/α,β-unsaturated/α-hetero) is 1. The number of carbonyl (C=O) groups is 2. The number of thioether (sulfide) groups is 1. The maximum Gasteiger partial charge on any atom is 0.331 e. The molecule has 7 heteroatoms. The van der Waals surface area contributed by atoms with Crippen molar-refractivity contribution in [3.8, 4) is 22.8 Å². The molecule has 3 aromatic rings. The van der Waals surface area contributed by atoms with Crippen LogP contribution in [-0.2, 0) is 4.79 Å². The van der Waals surface area contributed by atoms with Crippen molar-refractivity contribution in [2.45, 2.75) is 12.0 Å². The van der Waals surface area contributed by atoms with Gasteiger partial charge >= 0.3 is 5.97 Å². The monoisotopic (exact) mass is 422 g/mol. The molecule has 0 saturated heterocycles. The van der Waals surface area contributed by atoms with Gasteiger partial charge in [-0.15, -0.1) is 0 Å². The highest BCUT2D eigenvalue weighted by molar-refractivity contribution is 7.98. The Hall–Kier alpha value is -3.16. The van der Waals surface area contributed by atoms with Crippen LogP contribution >= 0.6 is 11.8 Å². The van der Waals surface area contributed by atoms with Crippen molar-refractivity contribution in [1.29, 1.82) is 0 Å². The largest absolute Gasteiger partial charge is 0.480 e. The third kappa shape index (κ3) is 4.69. The lowest BCUT2D eigenvalue weighted by Crippen LogP contribution is -2.55. The van der Waals surface area contributed by atoms with Gasteiger partial charge in [-0.25, -0.2) is 9.78 Å². The standard InChI is InChI=1S/C23H22N2O4S/c1-30-15-13-23(24,22(27)28)21(26)19-7-3-2-6-18(19)16-9-11-17(12-10-16)29-20-8-4-5-14-25-20/h2-12,14H,13,15,24H2,1H3,(H,27,28). The maximum atomic E-state index is 13.2. The van der Waals surface area contributed by atoms with Gasteiger partial charge in [0.2, 0.25) is 5.88 Å². The first-order chi connectivity index (χ1) is 14.5. The number of pyridine rings is 1. The van der Waals surface area contributed by atoms with Gasteiger partial charge in [0.25, 0.3) is 0 Å². The molecule has 0 radical (unpaired) electrons. The molecule has 1 heterocycles. The lowest BCUT2D eigenvalue weighted by atomic mass is 9.84. The quantitative estimate of drug-likeness (QED) is 0.392. The van der Waals surface area contributed by atoms with Crippen LogP contribution in [0.3, 0.4) is 0 Å². The summed E-state index contributed by atoms with van der Waals surface area (Å²) in [5.74, 6) is -0.385. The molecule has 3 rings (SSSR count). The molecule has 1 unspecified atom stereocenters. The van der Waals surface area contributed by atoms with E-state index in [2.05, 4.69) is 4.98 Å². The Balaban J connectivity index is 1.91. The fraction of sp³-hybridized carbons (Fsp3) is 0.174. The van der Waals surface area contributed by atoms with Crippen LogP contribution in [0.15, 0.2) is 72.9 Å². The highest BCUT2D eigenvalue weighted by Crippen LogP contribution is 2.30. The number of aliphatic carboxylic acids is 1. The first kappa shape index (κ1) is 21.5. The summed E-state index contributed by atoms with van der Waals surface area (Å²) in [6, 6.07) is 19.4. The number of carbonyl (C=O) groups excluding carboxylic acids is 1. The number of benzene rings is 2. The van der Waals surface area contributed by atoms with Crippen molar-refractivity contribution >= 4 is 23.5 Å². The van der Waals surface area contributed by atoms with E-state index in [1.54, 1.807) is 54.7 Å². The van der Waals surface area contributed by atoms with Gasteiger partial charge in [0.15, 0.2) is 11.3 Å². The molecule has 0 bridgehead atoms. The Morgan fingerprint density at radius 2 is 1.77 bits per heavy atom. The van der Waals surface area contributed by atoms with Crippen LogP contribution in [0.2, 0.25) is 0 Å². The number of ether oxygens (including phenoxy) is 1. The summed E-state index contributed by atoms with van der Waals surface area (Å²) in [6.07, 6.45) is 3.53. The van der Waals surface area contributed by atoms with Crippen LogP contribution < -0.4 is 10.5 Å². The summed E-state index contributed by atoms with van der Waals surface area (Å²) in [5, 5.41) is 9.65. The normalized spacial score (nSPS) is 12.7. The van der Waals surface area contributed by atoms with Gasteiger partial charge in [0.1, 0.15) is 5.75 Å².